The second kappa shape index (κ2) is 5.42. The molecule has 1 heterocycles. The second-order valence-electron chi connectivity index (χ2n) is 5.53. The molecule has 0 saturated carbocycles. The molecule has 0 unspecified atom stereocenters. The Morgan fingerprint density at radius 3 is 2.55 bits per heavy atom. The number of hydrogen-bond donors (Lipinski definition) is 2. The van der Waals surface area contributed by atoms with Crippen molar-refractivity contribution in [2.24, 2.45) is 0 Å². The van der Waals surface area contributed by atoms with Crippen LogP contribution in [0.5, 0.6) is 0 Å². The van der Waals surface area contributed by atoms with Gasteiger partial charge >= 0.3 is 5.69 Å². The molecule has 0 aliphatic heterocycles. The Morgan fingerprint density at radius 2 is 1.90 bits per heavy atom. The monoisotopic (exact) mass is 287 g/mol. The quantitative estimate of drug-likeness (QED) is 0.841. The van der Waals surface area contributed by atoms with Crippen molar-refractivity contribution in [1.82, 2.24) is 9.97 Å². The summed E-state index contributed by atoms with van der Waals surface area (Å²) in [6, 6.07) is 9.12. The molecule has 1 aromatic carbocycles. The lowest BCUT2D eigenvalue weighted by atomic mass is 10.2. The van der Waals surface area contributed by atoms with E-state index < -0.39 is 13.8 Å². The lowest BCUT2D eigenvalue weighted by Gasteiger charge is -2.20. The molecule has 2 aromatic rings. The van der Waals surface area contributed by atoms with Crippen molar-refractivity contribution in [2.45, 2.75) is 19.6 Å². The van der Waals surface area contributed by atoms with E-state index in [1.165, 1.54) is 6.20 Å². The minimum Gasteiger partial charge on any atom is -0.313 e. The third-order valence-electron chi connectivity index (χ3n) is 2.89. The third kappa shape index (κ3) is 3.21. The summed E-state index contributed by atoms with van der Waals surface area (Å²) < 4.78 is 0. The van der Waals surface area contributed by atoms with Crippen LogP contribution in [0.2, 0.25) is 19.6 Å². The number of carbonyl (C=O) groups excluding carboxylic acids is 1. The maximum absolute atomic E-state index is 12.4. The van der Waals surface area contributed by atoms with E-state index in [1.54, 1.807) is 12.1 Å². The van der Waals surface area contributed by atoms with Gasteiger partial charge in [-0.25, -0.2) is 4.79 Å². The van der Waals surface area contributed by atoms with E-state index in [1.807, 2.05) is 18.2 Å². The van der Waals surface area contributed by atoms with E-state index in [-0.39, 0.29) is 11.7 Å². The van der Waals surface area contributed by atoms with E-state index >= 15 is 0 Å². The fourth-order valence-corrected chi connectivity index (χ4v) is 3.56. The summed E-state index contributed by atoms with van der Waals surface area (Å²) in [7, 11) is -1.62. The molecular formula is C14H17N3O2Si. The lowest BCUT2D eigenvalue weighted by molar-refractivity contribution is 0.102. The number of nitrogens with one attached hydrogen (secondary N) is 2. The number of aromatic nitrogens is 2. The molecule has 0 aliphatic rings. The maximum atomic E-state index is 12.4. The Bertz CT molecular complexity index is 689. The Balaban J connectivity index is 2.33. The van der Waals surface area contributed by atoms with Crippen molar-refractivity contribution in [3.05, 3.63) is 52.6 Å². The summed E-state index contributed by atoms with van der Waals surface area (Å²) in [6.45, 7) is 6.56. The molecule has 1 amide bonds. The van der Waals surface area contributed by atoms with Crippen LogP contribution < -0.4 is 16.2 Å². The number of H-pyrrole nitrogens is 1. The van der Waals surface area contributed by atoms with E-state index in [2.05, 4.69) is 34.9 Å². The van der Waals surface area contributed by atoms with Gasteiger partial charge in [-0.3, -0.25) is 4.79 Å². The largest absolute Gasteiger partial charge is 0.346 e. The maximum Gasteiger partial charge on any atom is 0.346 e. The van der Waals surface area contributed by atoms with Crippen molar-refractivity contribution in [3.63, 3.8) is 0 Å². The molecule has 2 N–H and O–H groups in total. The number of anilines is 1. The van der Waals surface area contributed by atoms with Crippen LogP contribution in [0, 0.1) is 0 Å². The first kappa shape index (κ1) is 14.2. The van der Waals surface area contributed by atoms with Crippen LogP contribution in [0.4, 0.5) is 5.82 Å². The Labute approximate surface area is 118 Å². The molecule has 0 spiro atoms. The Morgan fingerprint density at radius 1 is 1.20 bits per heavy atom. The van der Waals surface area contributed by atoms with E-state index in [9.17, 15) is 9.59 Å². The molecule has 104 valence electrons. The Kier molecular flexibility index (Phi) is 3.85. The molecule has 0 saturated heterocycles. The highest BCUT2D eigenvalue weighted by molar-refractivity contribution is 6.89. The SMILES string of the molecule is C[Si](C)(C)c1ccccc1C(=O)Nc1cc[nH]c(=O)n1. The normalized spacial score (nSPS) is 11.2. The minimum atomic E-state index is -1.62. The van der Waals surface area contributed by atoms with Gasteiger partial charge in [0.25, 0.3) is 5.91 Å². The topological polar surface area (TPSA) is 74.8 Å². The highest BCUT2D eigenvalue weighted by Gasteiger charge is 2.23. The minimum absolute atomic E-state index is 0.235. The summed E-state index contributed by atoms with van der Waals surface area (Å²) in [4.78, 5) is 29.6. The number of hydrogen-bond acceptors (Lipinski definition) is 3. The van der Waals surface area contributed by atoms with E-state index in [4.69, 9.17) is 0 Å². The van der Waals surface area contributed by atoms with Gasteiger partial charge in [-0.1, -0.05) is 37.8 Å². The Hall–Kier alpha value is -2.21. The molecule has 20 heavy (non-hydrogen) atoms. The highest BCUT2D eigenvalue weighted by Crippen LogP contribution is 2.09. The summed E-state index contributed by atoms with van der Waals surface area (Å²) in [5.41, 5.74) is 0.162. The zero-order chi connectivity index (χ0) is 14.8. The third-order valence-corrected chi connectivity index (χ3v) is 4.94. The van der Waals surface area contributed by atoms with Crippen LogP contribution in [-0.2, 0) is 0 Å². The standard InChI is InChI=1S/C14H17N3O2Si/c1-20(2,3)11-7-5-4-6-10(11)13(18)16-12-8-9-15-14(19)17-12/h4-9H,1-3H3,(H2,15,16,17,18,19). The van der Waals surface area contributed by atoms with Crippen molar-refractivity contribution in [1.29, 1.82) is 0 Å². The number of carbonyl (C=O) groups is 1. The highest BCUT2D eigenvalue weighted by atomic mass is 28.3. The lowest BCUT2D eigenvalue weighted by Crippen LogP contribution is -2.42. The van der Waals surface area contributed by atoms with Crippen LogP contribution in [-0.4, -0.2) is 23.9 Å². The first-order valence-corrected chi connectivity index (χ1v) is 9.84. The smallest absolute Gasteiger partial charge is 0.313 e. The van der Waals surface area contributed by atoms with Gasteiger partial charge in [-0.05, 0) is 17.3 Å². The van der Waals surface area contributed by atoms with Crippen molar-refractivity contribution in [2.75, 3.05) is 5.32 Å². The number of rotatable bonds is 3. The van der Waals surface area contributed by atoms with E-state index in [0.717, 1.165) is 5.19 Å². The first-order valence-electron chi connectivity index (χ1n) is 6.34. The van der Waals surface area contributed by atoms with Gasteiger partial charge in [0.1, 0.15) is 5.82 Å². The van der Waals surface area contributed by atoms with Gasteiger partial charge in [0.05, 0.1) is 8.07 Å². The first-order chi connectivity index (χ1) is 9.38. The molecular weight excluding hydrogens is 270 g/mol. The van der Waals surface area contributed by atoms with Gasteiger partial charge in [0.15, 0.2) is 0 Å². The van der Waals surface area contributed by atoms with Gasteiger partial charge in [0, 0.05) is 11.8 Å². The van der Waals surface area contributed by atoms with Crippen molar-refractivity contribution < 1.29 is 4.79 Å². The number of amides is 1. The zero-order valence-corrected chi connectivity index (χ0v) is 12.7. The molecule has 1 aromatic heterocycles. The zero-order valence-electron chi connectivity index (χ0n) is 11.7. The predicted molar refractivity (Wildman–Crippen MR) is 82.2 cm³/mol. The van der Waals surface area contributed by atoms with Crippen LogP contribution >= 0.6 is 0 Å². The molecule has 0 bridgehead atoms. The van der Waals surface area contributed by atoms with Crippen molar-refractivity contribution in [3.8, 4) is 0 Å². The van der Waals surface area contributed by atoms with Crippen LogP contribution in [0.3, 0.4) is 0 Å². The molecule has 6 heteroatoms. The molecule has 2 rings (SSSR count). The fraction of sp³-hybridized carbons (Fsp3) is 0.214. The van der Waals surface area contributed by atoms with Crippen LogP contribution in [0.1, 0.15) is 10.4 Å². The summed E-state index contributed by atoms with van der Waals surface area (Å²) in [5.74, 6) is 0.0188. The molecule has 0 aliphatic carbocycles. The van der Waals surface area contributed by atoms with Crippen LogP contribution in [0.25, 0.3) is 0 Å². The fourth-order valence-electron chi connectivity index (χ4n) is 1.96. The van der Waals surface area contributed by atoms with Gasteiger partial charge in [-0.2, -0.15) is 4.98 Å². The average Bonchev–Trinajstić information content (AvgIpc) is 2.37. The molecule has 5 nitrogen and oxygen atoms in total. The summed E-state index contributed by atoms with van der Waals surface area (Å²) in [6.07, 6.45) is 1.45. The van der Waals surface area contributed by atoms with E-state index in [0.29, 0.717) is 5.56 Å². The molecule has 0 radical (unpaired) electrons. The molecule has 0 atom stereocenters. The van der Waals surface area contributed by atoms with Crippen LogP contribution in [0.15, 0.2) is 41.3 Å². The van der Waals surface area contributed by atoms with Gasteiger partial charge in [-0.15, -0.1) is 0 Å². The summed E-state index contributed by atoms with van der Waals surface area (Å²) in [5, 5.41) is 3.75. The second-order valence-corrected chi connectivity index (χ2v) is 10.6. The molecule has 0 fully saturated rings. The number of aromatic amines is 1. The van der Waals surface area contributed by atoms with Gasteiger partial charge in [0.2, 0.25) is 0 Å². The summed E-state index contributed by atoms with van der Waals surface area (Å²) >= 11 is 0. The average molecular weight is 287 g/mol. The predicted octanol–water partition coefficient (Wildman–Crippen LogP) is 1.57. The van der Waals surface area contributed by atoms with Crippen molar-refractivity contribution >= 4 is 25.0 Å². The number of nitrogens with zero attached hydrogens (tertiary/aromatic N) is 1. The van der Waals surface area contributed by atoms with Gasteiger partial charge < -0.3 is 10.3 Å². The number of benzene rings is 1.